The minimum atomic E-state index is -0.566. The fourth-order valence-electron chi connectivity index (χ4n) is 2.16. The molecule has 3 nitrogen and oxygen atoms in total. The molecule has 1 aliphatic rings. The van der Waals surface area contributed by atoms with Crippen LogP contribution in [-0.4, -0.2) is 26.0 Å². The zero-order valence-electron chi connectivity index (χ0n) is 11.0. The lowest BCUT2D eigenvalue weighted by molar-refractivity contribution is -0.0531. The van der Waals surface area contributed by atoms with Crippen LogP contribution in [0.1, 0.15) is 31.4 Å². The van der Waals surface area contributed by atoms with Crippen molar-refractivity contribution in [2.45, 2.75) is 32.1 Å². The van der Waals surface area contributed by atoms with Gasteiger partial charge in [0.1, 0.15) is 11.6 Å². The molecule has 106 valence electrons. The maximum absolute atomic E-state index is 13.8. The molecule has 0 amide bonds. The third-order valence-electron chi connectivity index (χ3n) is 3.10. The third-order valence-corrected chi connectivity index (χ3v) is 3.10. The fourth-order valence-corrected chi connectivity index (χ4v) is 2.16. The Morgan fingerprint density at radius 1 is 1.32 bits per heavy atom. The molecule has 1 N–H and O–H groups in total. The minimum Gasteiger partial charge on any atom is -0.350 e. The van der Waals surface area contributed by atoms with Crippen molar-refractivity contribution in [3.8, 4) is 0 Å². The van der Waals surface area contributed by atoms with Crippen LogP contribution in [-0.2, 0) is 9.47 Å². The Morgan fingerprint density at radius 3 is 2.68 bits per heavy atom. The lowest BCUT2D eigenvalue weighted by atomic mass is 10.0. The molecule has 1 unspecified atom stereocenters. The van der Waals surface area contributed by atoms with Crippen LogP contribution in [0.2, 0.25) is 0 Å². The van der Waals surface area contributed by atoms with Crippen LogP contribution in [0.4, 0.5) is 8.78 Å². The van der Waals surface area contributed by atoms with Crippen LogP contribution in [0.3, 0.4) is 0 Å². The summed E-state index contributed by atoms with van der Waals surface area (Å²) in [6, 6.07) is 3.43. The summed E-state index contributed by atoms with van der Waals surface area (Å²) in [5.74, 6) is -1.10. The molecule has 0 saturated carbocycles. The smallest absolute Gasteiger partial charge is 0.159 e. The Kier molecular flexibility index (Phi) is 5.24. The summed E-state index contributed by atoms with van der Waals surface area (Å²) in [4.78, 5) is 0. The normalized spacial score (nSPS) is 17.8. The van der Waals surface area contributed by atoms with Crippen molar-refractivity contribution in [1.29, 1.82) is 0 Å². The number of halogens is 2. The highest BCUT2D eigenvalue weighted by molar-refractivity contribution is 5.22. The molecular weight excluding hydrogens is 252 g/mol. The van der Waals surface area contributed by atoms with E-state index >= 15 is 0 Å². The van der Waals surface area contributed by atoms with E-state index in [1.54, 1.807) is 0 Å². The molecule has 1 saturated heterocycles. The van der Waals surface area contributed by atoms with E-state index in [0.717, 1.165) is 19.0 Å². The van der Waals surface area contributed by atoms with E-state index < -0.39 is 11.6 Å². The summed E-state index contributed by atoms with van der Waals surface area (Å²) in [5, 5.41) is 3.25. The van der Waals surface area contributed by atoms with Crippen molar-refractivity contribution in [3.05, 3.63) is 35.4 Å². The van der Waals surface area contributed by atoms with Gasteiger partial charge in [0.25, 0.3) is 0 Å². The maximum atomic E-state index is 13.8. The van der Waals surface area contributed by atoms with Crippen molar-refractivity contribution in [2.24, 2.45) is 0 Å². The van der Waals surface area contributed by atoms with Crippen LogP contribution >= 0.6 is 0 Å². The van der Waals surface area contributed by atoms with Gasteiger partial charge < -0.3 is 14.8 Å². The first-order valence-corrected chi connectivity index (χ1v) is 6.62. The van der Waals surface area contributed by atoms with Crippen molar-refractivity contribution in [2.75, 3.05) is 19.8 Å². The fraction of sp³-hybridized carbons (Fsp3) is 0.571. The molecule has 1 heterocycles. The SMILES string of the molecule is CCCNC(CC1OCCO1)c1ccc(F)cc1F. The van der Waals surface area contributed by atoms with Gasteiger partial charge in [0.05, 0.1) is 13.2 Å². The van der Waals surface area contributed by atoms with Gasteiger partial charge in [-0.3, -0.25) is 0 Å². The second kappa shape index (κ2) is 6.93. The number of hydrogen-bond donors (Lipinski definition) is 1. The quantitative estimate of drug-likeness (QED) is 0.863. The number of hydrogen-bond acceptors (Lipinski definition) is 3. The van der Waals surface area contributed by atoms with Gasteiger partial charge in [0.15, 0.2) is 6.29 Å². The van der Waals surface area contributed by atoms with Crippen molar-refractivity contribution >= 4 is 0 Å². The zero-order valence-corrected chi connectivity index (χ0v) is 11.0. The molecule has 1 aliphatic heterocycles. The monoisotopic (exact) mass is 271 g/mol. The van der Waals surface area contributed by atoms with Crippen molar-refractivity contribution in [1.82, 2.24) is 5.32 Å². The highest BCUT2D eigenvalue weighted by Crippen LogP contribution is 2.25. The second-order valence-corrected chi connectivity index (χ2v) is 4.58. The van der Waals surface area contributed by atoms with Gasteiger partial charge in [-0.25, -0.2) is 8.78 Å². The first-order valence-electron chi connectivity index (χ1n) is 6.62. The van der Waals surface area contributed by atoms with Crippen molar-refractivity contribution in [3.63, 3.8) is 0 Å². The van der Waals surface area contributed by atoms with E-state index in [0.29, 0.717) is 25.2 Å². The predicted octanol–water partition coefficient (Wildman–Crippen LogP) is 2.77. The second-order valence-electron chi connectivity index (χ2n) is 4.58. The van der Waals surface area contributed by atoms with Crippen LogP contribution in [0.25, 0.3) is 0 Å². The Bertz CT molecular complexity index is 408. The summed E-state index contributed by atoms with van der Waals surface area (Å²) in [6.07, 6.45) is 1.13. The molecule has 1 fully saturated rings. The van der Waals surface area contributed by atoms with E-state index in [1.807, 2.05) is 6.92 Å². The van der Waals surface area contributed by atoms with E-state index in [1.165, 1.54) is 12.1 Å². The maximum Gasteiger partial charge on any atom is 0.159 e. The zero-order chi connectivity index (χ0) is 13.7. The molecule has 0 aromatic heterocycles. The summed E-state index contributed by atoms with van der Waals surface area (Å²) in [5.41, 5.74) is 0.453. The van der Waals surface area contributed by atoms with Crippen LogP contribution in [0, 0.1) is 11.6 Å². The van der Waals surface area contributed by atoms with Gasteiger partial charge in [-0.05, 0) is 19.0 Å². The molecule has 2 rings (SSSR count). The first kappa shape index (κ1) is 14.4. The molecule has 0 radical (unpaired) electrons. The number of ether oxygens (including phenoxy) is 2. The molecule has 0 aliphatic carbocycles. The standard InChI is InChI=1S/C14H19F2NO2/c1-2-5-17-13(9-14-18-6-7-19-14)11-4-3-10(15)8-12(11)16/h3-4,8,13-14,17H,2,5-7,9H2,1H3. The van der Waals surface area contributed by atoms with Gasteiger partial charge in [-0.2, -0.15) is 0 Å². The minimum absolute atomic E-state index is 0.233. The van der Waals surface area contributed by atoms with Gasteiger partial charge >= 0.3 is 0 Å². The van der Waals surface area contributed by atoms with E-state index in [-0.39, 0.29) is 12.3 Å². The van der Waals surface area contributed by atoms with Gasteiger partial charge in [-0.15, -0.1) is 0 Å². The summed E-state index contributed by atoms with van der Waals surface area (Å²) in [7, 11) is 0. The predicted molar refractivity (Wildman–Crippen MR) is 67.7 cm³/mol. The average Bonchev–Trinajstić information content (AvgIpc) is 2.88. The lowest BCUT2D eigenvalue weighted by Crippen LogP contribution is -2.27. The van der Waals surface area contributed by atoms with Crippen LogP contribution < -0.4 is 5.32 Å². The van der Waals surface area contributed by atoms with E-state index in [4.69, 9.17) is 9.47 Å². The first-order chi connectivity index (χ1) is 9.20. The molecule has 1 aromatic carbocycles. The average molecular weight is 271 g/mol. The number of rotatable bonds is 6. The summed E-state index contributed by atoms with van der Waals surface area (Å²) < 4.78 is 37.6. The summed E-state index contributed by atoms with van der Waals surface area (Å²) in [6.45, 7) is 3.93. The molecular formula is C14H19F2NO2. The van der Waals surface area contributed by atoms with Crippen molar-refractivity contribution < 1.29 is 18.3 Å². The Labute approximate surface area is 111 Å². The van der Waals surface area contributed by atoms with E-state index in [9.17, 15) is 8.78 Å². The Morgan fingerprint density at radius 2 is 2.05 bits per heavy atom. The topological polar surface area (TPSA) is 30.5 Å². The molecule has 5 heteroatoms. The van der Waals surface area contributed by atoms with Crippen LogP contribution in [0.15, 0.2) is 18.2 Å². The number of benzene rings is 1. The Balaban J connectivity index is 2.10. The Hall–Kier alpha value is -1.04. The lowest BCUT2D eigenvalue weighted by Gasteiger charge is -2.22. The molecule has 19 heavy (non-hydrogen) atoms. The highest BCUT2D eigenvalue weighted by Gasteiger charge is 2.24. The van der Waals surface area contributed by atoms with E-state index in [2.05, 4.69) is 5.32 Å². The molecule has 1 atom stereocenters. The van der Waals surface area contributed by atoms with Gasteiger partial charge in [0, 0.05) is 24.1 Å². The van der Waals surface area contributed by atoms with Crippen LogP contribution in [0.5, 0.6) is 0 Å². The molecule has 0 bridgehead atoms. The molecule has 0 spiro atoms. The largest absolute Gasteiger partial charge is 0.350 e. The third kappa shape index (κ3) is 3.96. The number of nitrogens with one attached hydrogen (secondary N) is 1. The highest BCUT2D eigenvalue weighted by atomic mass is 19.1. The van der Waals surface area contributed by atoms with Gasteiger partial charge in [-0.1, -0.05) is 13.0 Å². The van der Waals surface area contributed by atoms with Gasteiger partial charge in [0.2, 0.25) is 0 Å². The molecule has 1 aromatic rings. The summed E-state index contributed by atoms with van der Waals surface area (Å²) >= 11 is 0.